The summed E-state index contributed by atoms with van der Waals surface area (Å²) in [4.78, 5) is 12.7. The Bertz CT molecular complexity index is 988. The lowest BCUT2D eigenvalue weighted by Crippen LogP contribution is -2.13. The summed E-state index contributed by atoms with van der Waals surface area (Å²) in [5.74, 6) is 1.47. The van der Waals surface area contributed by atoms with E-state index in [-0.39, 0.29) is 5.57 Å². The summed E-state index contributed by atoms with van der Waals surface area (Å²) < 4.78 is 17.1. The van der Waals surface area contributed by atoms with Gasteiger partial charge in [0.1, 0.15) is 17.4 Å². The van der Waals surface area contributed by atoms with Crippen LogP contribution in [0.5, 0.6) is 17.2 Å². The molecule has 2 aromatic rings. The molecule has 0 saturated carbocycles. The van der Waals surface area contributed by atoms with Crippen LogP contribution in [0.2, 0.25) is 0 Å². The first-order valence-corrected chi connectivity index (χ1v) is 10.8. The Morgan fingerprint density at radius 3 is 2.41 bits per heavy atom. The second kappa shape index (κ2) is 12.9. The molecule has 0 unspecified atom stereocenters. The van der Waals surface area contributed by atoms with Crippen molar-refractivity contribution in [2.45, 2.75) is 33.6 Å². The number of anilines is 1. The summed E-state index contributed by atoms with van der Waals surface area (Å²) in [5.41, 5.74) is 2.11. The van der Waals surface area contributed by atoms with E-state index in [1.54, 1.807) is 42.5 Å². The zero-order chi connectivity index (χ0) is 23.3. The quantitative estimate of drug-likeness (QED) is 0.269. The molecule has 0 saturated heterocycles. The van der Waals surface area contributed by atoms with Crippen LogP contribution in [0.15, 0.2) is 54.6 Å². The van der Waals surface area contributed by atoms with Crippen molar-refractivity contribution in [3.63, 3.8) is 0 Å². The molecule has 0 spiro atoms. The second-order valence-corrected chi connectivity index (χ2v) is 6.86. The molecule has 0 aliphatic carbocycles. The monoisotopic (exact) mass is 434 g/mol. The van der Waals surface area contributed by atoms with Crippen LogP contribution in [-0.2, 0) is 11.2 Å². The van der Waals surface area contributed by atoms with Crippen LogP contribution in [0.25, 0.3) is 6.08 Å². The number of nitriles is 1. The standard InChI is InChI=1S/C26H30N2O4/c1-5-9-20-15-19(17-24(31-8-4)25(20)32-14-6-2)16-21(18-27)26(29)28-22-10-12-23(13-11-22)30-7-3/h5,10-13,15-17H,1,6-9,14H2,2-4H3,(H,28,29)/b21-16+. The minimum Gasteiger partial charge on any atom is -0.494 e. The van der Waals surface area contributed by atoms with Gasteiger partial charge in [0.25, 0.3) is 5.91 Å². The van der Waals surface area contributed by atoms with Crippen molar-refractivity contribution in [3.8, 4) is 23.3 Å². The summed E-state index contributed by atoms with van der Waals surface area (Å²) in [7, 11) is 0. The van der Waals surface area contributed by atoms with Gasteiger partial charge in [-0.3, -0.25) is 4.79 Å². The van der Waals surface area contributed by atoms with E-state index in [1.165, 1.54) is 0 Å². The van der Waals surface area contributed by atoms with Crippen LogP contribution >= 0.6 is 0 Å². The van der Waals surface area contributed by atoms with Crippen LogP contribution in [0, 0.1) is 11.3 Å². The fraction of sp³-hybridized carbons (Fsp3) is 0.308. The summed E-state index contributed by atoms with van der Waals surface area (Å²) >= 11 is 0. The van der Waals surface area contributed by atoms with Crippen molar-refractivity contribution in [2.75, 3.05) is 25.1 Å². The number of hydrogen-bond acceptors (Lipinski definition) is 5. The highest BCUT2D eigenvalue weighted by Crippen LogP contribution is 2.35. The highest BCUT2D eigenvalue weighted by Gasteiger charge is 2.15. The first kappa shape index (κ1) is 24.5. The molecule has 0 atom stereocenters. The molecule has 0 aromatic heterocycles. The van der Waals surface area contributed by atoms with Gasteiger partial charge in [-0.1, -0.05) is 13.0 Å². The summed E-state index contributed by atoms with van der Waals surface area (Å²) in [6.07, 6.45) is 4.76. The average Bonchev–Trinajstić information content (AvgIpc) is 2.79. The van der Waals surface area contributed by atoms with Crippen LogP contribution < -0.4 is 19.5 Å². The molecular weight excluding hydrogens is 404 g/mol. The SMILES string of the molecule is C=CCc1cc(/C=C(\C#N)C(=O)Nc2ccc(OCC)cc2)cc(OCC)c1OCCC. The molecule has 6 heteroatoms. The first-order chi connectivity index (χ1) is 15.6. The zero-order valence-corrected chi connectivity index (χ0v) is 18.9. The number of hydrogen-bond donors (Lipinski definition) is 1. The molecule has 2 rings (SSSR count). The summed E-state index contributed by atoms with van der Waals surface area (Å²) in [5, 5.41) is 12.3. The van der Waals surface area contributed by atoms with Gasteiger partial charge in [-0.15, -0.1) is 6.58 Å². The molecule has 0 aliphatic heterocycles. The lowest BCUT2D eigenvalue weighted by Gasteiger charge is -2.16. The number of rotatable bonds is 12. The number of allylic oxidation sites excluding steroid dienone is 1. The van der Waals surface area contributed by atoms with E-state index in [2.05, 4.69) is 11.9 Å². The lowest BCUT2D eigenvalue weighted by atomic mass is 10.0. The topological polar surface area (TPSA) is 80.6 Å². The summed E-state index contributed by atoms with van der Waals surface area (Å²) in [6, 6.07) is 12.6. The third-order valence-electron chi connectivity index (χ3n) is 4.37. The zero-order valence-electron chi connectivity index (χ0n) is 18.9. The van der Waals surface area contributed by atoms with Crippen LogP contribution in [0.3, 0.4) is 0 Å². The molecular formula is C26H30N2O4. The Kier molecular flexibility index (Phi) is 9.86. The van der Waals surface area contributed by atoms with E-state index in [9.17, 15) is 10.1 Å². The molecule has 1 amide bonds. The number of ether oxygens (including phenoxy) is 3. The maximum Gasteiger partial charge on any atom is 0.266 e. The number of nitrogens with zero attached hydrogens (tertiary/aromatic N) is 1. The van der Waals surface area contributed by atoms with Crippen LogP contribution in [0.4, 0.5) is 5.69 Å². The number of benzene rings is 2. The molecule has 32 heavy (non-hydrogen) atoms. The van der Waals surface area contributed by atoms with Crippen LogP contribution in [-0.4, -0.2) is 25.7 Å². The number of carbonyl (C=O) groups excluding carboxylic acids is 1. The molecule has 1 N–H and O–H groups in total. The van der Waals surface area contributed by atoms with Crippen molar-refractivity contribution in [2.24, 2.45) is 0 Å². The Morgan fingerprint density at radius 2 is 1.81 bits per heavy atom. The van der Waals surface area contributed by atoms with Crippen molar-refractivity contribution in [1.29, 1.82) is 5.26 Å². The van der Waals surface area contributed by atoms with Gasteiger partial charge in [0.2, 0.25) is 0 Å². The van der Waals surface area contributed by atoms with Crippen molar-refractivity contribution >= 4 is 17.7 Å². The van der Waals surface area contributed by atoms with E-state index in [0.717, 1.165) is 12.0 Å². The minimum atomic E-state index is -0.494. The first-order valence-electron chi connectivity index (χ1n) is 10.8. The van der Waals surface area contributed by atoms with Crippen LogP contribution in [0.1, 0.15) is 38.3 Å². The van der Waals surface area contributed by atoms with E-state index in [0.29, 0.717) is 54.7 Å². The normalized spacial score (nSPS) is 10.8. The van der Waals surface area contributed by atoms with Gasteiger partial charge in [-0.2, -0.15) is 5.26 Å². The molecule has 0 aliphatic rings. The fourth-order valence-electron chi connectivity index (χ4n) is 3.02. The lowest BCUT2D eigenvalue weighted by molar-refractivity contribution is -0.112. The van der Waals surface area contributed by atoms with E-state index < -0.39 is 5.91 Å². The van der Waals surface area contributed by atoms with E-state index in [4.69, 9.17) is 14.2 Å². The number of amides is 1. The number of carbonyl (C=O) groups is 1. The van der Waals surface area contributed by atoms with Gasteiger partial charge in [0.15, 0.2) is 11.5 Å². The Balaban J connectivity index is 2.34. The van der Waals surface area contributed by atoms with E-state index >= 15 is 0 Å². The molecule has 0 fully saturated rings. The smallest absolute Gasteiger partial charge is 0.266 e. The molecule has 2 aromatic carbocycles. The van der Waals surface area contributed by atoms with Gasteiger partial charge < -0.3 is 19.5 Å². The fourth-order valence-corrected chi connectivity index (χ4v) is 3.02. The predicted octanol–water partition coefficient (Wildman–Crippen LogP) is 5.55. The maximum absolute atomic E-state index is 12.7. The minimum absolute atomic E-state index is 0.0203. The molecule has 168 valence electrons. The Morgan fingerprint density at radius 1 is 1.09 bits per heavy atom. The highest BCUT2D eigenvalue weighted by molar-refractivity contribution is 6.09. The Hall–Kier alpha value is -3.72. The highest BCUT2D eigenvalue weighted by atomic mass is 16.5. The van der Waals surface area contributed by atoms with Gasteiger partial charge in [0.05, 0.1) is 19.8 Å². The summed E-state index contributed by atoms with van der Waals surface area (Å²) in [6.45, 7) is 11.2. The maximum atomic E-state index is 12.7. The molecule has 6 nitrogen and oxygen atoms in total. The largest absolute Gasteiger partial charge is 0.494 e. The van der Waals surface area contributed by atoms with Gasteiger partial charge in [-0.05, 0) is 74.7 Å². The third kappa shape index (κ3) is 6.92. The number of nitrogens with one attached hydrogen (secondary N) is 1. The molecule has 0 radical (unpaired) electrons. The Labute approximate surface area is 190 Å². The predicted molar refractivity (Wildman–Crippen MR) is 127 cm³/mol. The molecule has 0 bridgehead atoms. The molecule has 0 heterocycles. The van der Waals surface area contributed by atoms with Gasteiger partial charge in [0, 0.05) is 11.3 Å². The third-order valence-corrected chi connectivity index (χ3v) is 4.37. The van der Waals surface area contributed by atoms with E-state index in [1.807, 2.05) is 32.9 Å². The average molecular weight is 435 g/mol. The van der Waals surface area contributed by atoms with Gasteiger partial charge in [-0.25, -0.2) is 0 Å². The van der Waals surface area contributed by atoms with Gasteiger partial charge >= 0.3 is 0 Å². The second-order valence-electron chi connectivity index (χ2n) is 6.86. The van der Waals surface area contributed by atoms with Crippen molar-refractivity contribution in [3.05, 3.63) is 65.8 Å². The van der Waals surface area contributed by atoms with Crippen molar-refractivity contribution in [1.82, 2.24) is 0 Å². The van der Waals surface area contributed by atoms with Crippen molar-refractivity contribution < 1.29 is 19.0 Å².